The number of halogens is 6. The molecule has 4 nitrogen and oxygen atoms in total. The molecule has 0 radical (unpaired) electrons. The molecule has 152 valence electrons. The van der Waals surface area contributed by atoms with Gasteiger partial charge in [0.1, 0.15) is 5.56 Å². The maximum Gasteiger partial charge on any atom is 0.420 e. The SMILES string of the molecule is Nc1ccc(F)c(Oc2ccc(C(F)(F)F)c(Oc3cc(N)ccc3F)c2F)c1. The van der Waals surface area contributed by atoms with E-state index >= 15 is 0 Å². The van der Waals surface area contributed by atoms with Crippen LogP contribution in [0.1, 0.15) is 5.56 Å². The molecule has 0 amide bonds. The summed E-state index contributed by atoms with van der Waals surface area (Å²) in [5.41, 5.74) is 9.48. The molecule has 10 heteroatoms. The van der Waals surface area contributed by atoms with Crippen LogP contribution in [0.2, 0.25) is 0 Å². The highest BCUT2D eigenvalue weighted by atomic mass is 19.4. The maximum absolute atomic E-state index is 14.8. The molecular formula is C19H12F6N2O2. The molecule has 3 aromatic rings. The van der Waals surface area contributed by atoms with Gasteiger partial charge >= 0.3 is 6.18 Å². The lowest BCUT2D eigenvalue weighted by Gasteiger charge is -2.17. The summed E-state index contributed by atoms with van der Waals surface area (Å²) in [7, 11) is 0. The first-order valence-electron chi connectivity index (χ1n) is 7.91. The molecule has 29 heavy (non-hydrogen) atoms. The molecule has 0 heterocycles. The second-order valence-corrected chi connectivity index (χ2v) is 5.84. The van der Waals surface area contributed by atoms with Crippen molar-refractivity contribution in [3.8, 4) is 23.0 Å². The molecule has 3 aromatic carbocycles. The summed E-state index contributed by atoms with van der Waals surface area (Å²) >= 11 is 0. The van der Waals surface area contributed by atoms with E-state index in [0.717, 1.165) is 30.3 Å². The standard InChI is InChI=1S/C19H12F6N2O2/c20-12-4-1-9(26)7-15(12)28-14-6-3-11(19(23,24)25)18(17(14)22)29-16-8-10(27)2-5-13(16)21/h1-8H,26-27H2. The molecular weight excluding hydrogens is 402 g/mol. The summed E-state index contributed by atoms with van der Waals surface area (Å²) in [6.45, 7) is 0. The Morgan fingerprint density at radius 2 is 1.17 bits per heavy atom. The van der Waals surface area contributed by atoms with Gasteiger partial charge in [-0.25, -0.2) is 8.78 Å². The van der Waals surface area contributed by atoms with Crippen LogP contribution < -0.4 is 20.9 Å². The van der Waals surface area contributed by atoms with Crippen molar-refractivity contribution in [2.24, 2.45) is 0 Å². The van der Waals surface area contributed by atoms with Crippen LogP contribution in [-0.4, -0.2) is 0 Å². The molecule has 0 fully saturated rings. The first-order valence-corrected chi connectivity index (χ1v) is 7.91. The average molecular weight is 414 g/mol. The Balaban J connectivity index is 2.10. The van der Waals surface area contributed by atoms with E-state index in [0.29, 0.717) is 12.1 Å². The molecule has 0 saturated carbocycles. The Kier molecular flexibility index (Phi) is 5.19. The topological polar surface area (TPSA) is 70.5 Å². The van der Waals surface area contributed by atoms with E-state index in [1.807, 2.05) is 0 Å². The average Bonchev–Trinajstić information content (AvgIpc) is 2.63. The molecule has 0 aliphatic heterocycles. The van der Waals surface area contributed by atoms with Gasteiger partial charge in [-0.05, 0) is 36.4 Å². The molecule has 0 aromatic heterocycles. The predicted octanol–water partition coefficient (Wildman–Crippen LogP) is 5.87. The summed E-state index contributed by atoms with van der Waals surface area (Å²) in [4.78, 5) is 0. The second-order valence-electron chi connectivity index (χ2n) is 5.84. The fourth-order valence-electron chi connectivity index (χ4n) is 2.36. The summed E-state index contributed by atoms with van der Waals surface area (Å²) in [5, 5.41) is 0. The smallest absolute Gasteiger partial charge is 0.420 e. The van der Waals surface area contributed by atoms with Crippen LogP contribution in [0.4, 0.5) is 37.7 Å². The predicted molar refractivity (Wildman–Crippen MR) is 93.2 cm³/mol. The largest absolute Gasteiger partial charge is 0.451 e. The third-order valence-corrected chi connectivity index (χ3v) is 3.71. The lowest BCUT2D eigenvalue weighted by molar-refractivity contribution is -0.138. The van der Waals surface area contributed by atoms with E-state index in [2.05, 4.69) is 0 Å². The minimum Gasteiger partial charge on any atom is -0.451 e. The Hall–Kier alpha value is -3.56. The van der Waals surface area contributed by atoms with Gasteiger partial charge in [0.05, 0.1) is 0 Å². The van der Waals surface area contributed by atoms with E-state index in [9.17, 15) is 26.3 Å². The van der Waals surface area contributed by atoms with Crippen molar-refractivity contribution in [3.63, 3.8) is 0 Å². The summed E-state index contributed by atoms with van der Waals surface area (Å²) in [6, 6.07) is 7.15. The quantitative estimate of drug-likeness (QED) is 0.414. The summed E-state index contributed by atoms with van der Waals surface area (Å²) in [5.74, 6) is -7.02. The minimum absolute atomic E-state index is 0.0235. The lowest BCUT2D eigenvalue weighted by Crippen LogP contribution is -2.09. The number of hydrogen-bond donors (Lipinski definition) is 2. The highest BCUT2D eigenvalue weighted by molar-refractivity contribution is 5.52. The number of ether oxygens (including phenoxy) is 2. The van der Waals surface area contributed by atoms with E-state index < -0.39 is 52.2 Å². The van der Waals surface area contributed by atoms with Gasteiger partial charge in [-0.1, -0.05) is 0 Å². The van der Waals surface area contributed by atoms with Crippen LogP contribution in [0.3, 0.4) is 0 Å². The van der Waals surface area contributed by atoms with Crippen molar-refractivity contribution in [3.05, 3.63) is 71.5 Å². The fraction of sp³-hybridized carbons (Fsp3) is 0.0526. The zero-order chi connectivity index (χ0) is 21.3. The normalized spacial score (nSPS) is 11.4. The van der Waals surface area contributed by atoms with E-state index in [1.54, 1.807) is 0 Å². The first kappa shape index (κ1) is 20.2. The first-order chi connectivity index (χ1) is 13.6. The van der Waals surface area contributed by atoms with Crippen molar-refractivity contribution in [2.75, 3.05) is 11.5 Å². The lowest BCUT2D eigenvalue weighted by atomic mass is 10.1. The number of nitrogen functional groups attached to an aromatic ring is 2. The number of alkyl halides is 3. The second kappa shape index (κ2) is 7.46. The molecule has 0 saturated heterocycles. The highest BCUT2D eigenvalue weighted by Gasteiger charge is 2.37. The van der Waals surface area contributed by atoms with Gasteiger partial charge in [0.15, 0.2) is 34.6 Å². The van der Waals surface area contributed by atoms with Crippen molar-refractivity contribution in [1.29, 1.82) is 0 Å². The highest BCUT2D eigenvalue weighted by Crippen LogP contribution is 2.44. The molecule has 0 atom stereocenters. The van der Waals surface area contributed by atoms with E-state index in [1.165, 1.54) is 6.07 Å². The number of anilines is 2. The molecule has 0 aliphatic carbocycles. The number of nitrogens with two attached hydrogens (primary N) is 2. The Morgan fingerprint density at radius 1 is 0.655 bits per heavy atom. The van der Waals surface area contributed by atoms with Gasteiger partial charge < -0.3 is 20.9 Å². The molecule has 0 spiro atoms. The number of benzene rings is 3. The third-order valence-electron chi connectivity index (χ3n) is 3.71. The van der Waals surface area contributed by atoms with Crippen LogP contribution in [-0.2, 0) is 6.18 Å². The number of rotatable bonds is 4. The Bertz CT molecular complexity index is 1070. The van der Waals surface area contributed by atoms with Crippen LogP contribution in [0, 0.1) is 17.5 Å². The fourth-order valence-corrected chi connectivity index (χ4v) is 2.36. The van der Waals surface area contributed by atoms with Gasteiger partial charge in [0.25, 0.3) is 0 Å². The Labute approximate surface area is 160 Å². The van der Waals surface area contributed by atoms with Crippen LogP contribution in [0.5, 0.6) is 23.0 Å². The van der Waals surface area contributed by atoms with E-state index in [4.69, 9.17) is 20.9 Å². The Morgan fingerprint density at radius 3 is 1.69 bits per heavy atom. The maximum atomic E-state index is 14.8. The van der Waals surface area contributed by atoms with Crippen LogP contribution in [0.25, 0.3) is 0 Å². The van der Waals surface area contributed by atoms with Crippen molar-refractivity contribution in [1.82, 2.24) is 0 Å². The molecule has 0 bridgehead atoms. The zero-order valence-corrected chi connectivity index (χ0v) is 14.4. The minimum atomic E-state index is -5.03. The van der Waals surface area contributed by atoms with Crippen LogP contribution >= 0.6 is 0 Å². The van der Waals surface area contributed by atoms with Crippen LogP contribution in [0.15, 0.2) is 48.5 Å². The summed E-state index contributed by atoms with van der Waals surface area (Å²) in [6.07, 6.45) is -5.03. The van der Waals surface area contributed by atoms with Gasteiger partial charge in [0, 0.05) is 23.5 Å². The zero-order valence-electron chi connectivity index (χ0n) is 14.4. The van der Waals surface area contributed by atoms with Crippen molar-refractivity contribution < 1.29 is 35.8 Å². The van der Waals surface area contributed by atoms with Gasteiger partial charge in [0.2, 0.25) is 5.82 Å². The molecule has 4 N–H and O–H groups in total. The van der Waals surface area contributed by atoms with Crippen molar-refractivity contribution in [2.45, 2.75) is 6.18 Å². The third kappa shape index (κ3) is 4.31. The monoisotopic (exact) mass is 414 g/mol. The van der Waals surface area contributed by atoms with Gasteiger partial charge in [-0.15, -0.1) is 0 Å². The van der Waals surface area contributed by atoms with E-state index in [-0.39, 0.29) is 11.4 Å². The van der Waals surface area contributed by atoms with Gasteiger partial charge in [-0.3, -0.25) is 0 Å². The number of hydrogen-bond acceptors (Lipinski definition) is 4. The molecule has 0 unspecified atom stereocenters. The van der Waals surface area contributed by atoms with Gasteiger partial charge in [-0.2, -0.15) is 17.6 Å². The molecule has 0 aliphatic rings. The molecule has 3 rings (SSSR count). The van der Waals surface area contributed by atoms with Crippen molar-refractivity contribution >= 4 is 11.4 Å². The summed E-state index contributed by atoms with van der Waals surface area (Å²) < 4.78 is 92.3.